The number of hydrogen-bond donors (Lipinski definition) is 0. The van der Waals surface area contributed by atoms with Gasteiger partial charge in [-0.3, -0.25) is 0 Å². The van der Waals surface area contributed by atoms with Crippen LogP contribution in [0.1, 0.15) is 2.85 Å². The van der Waals surface area contributed by atoms with Gasteiger partial charge in [0.25, 0.3) is 0 Å². The first-order chi connectivity index (χ1) is 1.91. The van der Waals surface area contributed by atoms with Gasteiger partial charge in [-0.05, 0) is 0 Å². The molecule has 0 aliphatic heterocycles. The number of rotatable bonds is 1. The summed E-state index contributed by atoms with van der Waals surface area (Å²) in [5, 5.41) is 1.22. The molecule has 0 amide bonds. The minimum absolute atomic E-state index is 0. The predicted molar refractivity (Wildman–Crippen MR) is 31.5 cm³/mol. The molecule has 0 rings (SSSR count). The van der Waals surface area contributed by atoms with Crippen LogP contribution in [0.3, 0.4) is 0 Å². The van der Waals surface area contributed by atoms with E-state index >= 15 is 0 Å². The molecule has 0 saturated carbocycles. The average molecular weight is 96.4 g/mol. The second-order valence-electron chi connectivity index (χ2n) is 0.697. The Labute approximate surface area is 60.2 Å². The maximum atomic E-state index is 3.51. The average Bonchev–Trinajstić information content (AvgIpc) is 1.37. The summed E-state index contributed by atoms with van der Waals surface area (Å²) in [5.74, 6) is 0. The molecule has 0 atom stereocenters. The van der Waals surface area contributed by atoms with Crippen LogP contribution in [0, 0.1) is 0 Å². The fourth-order valence-electron chi connectivity index (χ4n) is 0. The van der Waals surface area contributed by atoms with Crippen molar-refractivity contribution < 1.29 is 2.85 Å². The van der Waals surface area contributed by atoms with E-state index in [0.29, 0.717) is 0 Å². The largest absolute Gasteiger partial charge is 2.00 e. The van der Waals surface area contributed by atoms with Crippen molar-refractivity contribution in [1.82, 2.24) is 0 Å². The second kappa shape index (κ2) is 8.90. The van der Waals surface area contributed by atoms with Gasteiger partial charge in [-0.1, -0.05) is 5.28 Å². The molecule has 0 spiro atoms. The first-order valence-electron chi connectivity index (χ1n) is 1.52. The third kappa shape index (κ3) is 11.2. The molecule has 0 aromatic carbocycles. The fraction of sp³-hybridized carbons (Fsp3) is 0.333. The van der Waals surface area contributed by atoms with Crippen LogP contribution in [0.15, 0.2) is 12.7 Å². The molecule has 0 aromatic heterocycles. The molecular formula is C3H9AlMg. The summed E-state index contributed by atoms with van der Waals surface area (Å²) < 4.78 is 0. The van der Waals surface area contributed by atoms with E-state index in [1.54, 1.807) is 0 Å². The van der Waals surface area contributed by atoms with Gasteiger partial charge in [0.2, 0.25) is 16.3 Å². The van der Waals surface area contributed by atoms with Crippen LogP contribution in [-0.2, 0) is 0 Å². The standard InChI is InChI=1S/C3H5.Al.Mg.4H/c1-3-2;;;;;;/h3H,1-2H2;;;;;;/q;;+2;;;2*-1. The van der Waals surface area contributed by atoms with Crippen molar-refractivity contribution in [1.29, 1.82) is 0 Å². The molecule has 0 aliphatic rings. The van der Waals surface area contributed by atoms with Crippen LogP contribution in [-0.4, -0.2) is 39.3 Å². The van der Waals surface area contributed by atoms with E-state index in [0.717, 1.165) is 0 Å². The van der Waals surface area contributed by atoms with E-state index in [4.69, 9.17) is 0 Å². The Bertz CT molecular complexity index is 26.9. The summed E-state index contributed by atoms with van der Waals surface area (Å²) in [6.45, 7) is 3.51. The van der Waals surface area contributed by atoms with Crippen molar-refractivity contribution >= 4 is 39.3 Å². The Morgan fingerprint density at radius 1 is 2.00 bits per heavy atom. The molecule has 0 heterocycles. The predicted octanol–water partition coefficient (Wildman–Crippen LogP) is 0.0680. The Kier molecular flexibility index (Phi) is 16.7. The minimum Gasteiger partial charge on any atom is -1.00 e. The Hall–Kier alpha value is 1.04. The molecule has 2 heteroatoms. The first-order valence-corrected chi connectivity index (χ1v) is 2.94. The monoisotopic (exact) mass is 96.0 g/mol. The van der Waals surface area contributed by atoms with Crippen LogP contribution >= 0.6 is 0 Å². The maximum Gasteiger partial charge on any atom is 2.00 e. The molecule has 0 aliphatic carbocycles. The summed E-state index contributed by atoms with van der Waals surface area (Å²) in [6.07, 6.45) is 1.94. The van der Waals surface area contributed by atoms with Crippen molar-refractivity contribution in [3.05, 3.63) is 12.7 Å². The van der Waals surface area contributed by atoms with Gasteiger partial charge in [0, 0.05) is 0 Å². The van der Waals surface area contributed by atoms with Crippen molar-refractivity contribution in [2.45, 2.75) is 5.28 Å². The van der Waals surface area contributed by atoms with Crippen molar-refractivity contribution in [3.8, 4) is 0 Å². The van der Waals surface area contributed by atoms with Crippen LogP contribution in [0.25, 0.3) is 0 Å². The Morgan fingerprint density at radius 3 is 2.20 bits per heavy atom. The molecule has 26 valence electrons. The van der Waals surface area contributed by atoms with Crippen LogP contribution in [0.2, 0.25) is 5.28 Å². The molecule has 0 aromatic rings. The zero-order chi connectivity index (χ0) is 3.41. The van der Waals surface area contributed by atoms with E-state index in [-0.39, 0.29) is 25.9 Å². The van der Waals surface area contributed by atoms with Gasteiger partial charge in [0.05, 0.1) is 0 Å². The summed E-state index contributed by atoms with van der Waals surface area (Å²) in [5.41, 5.74) is 0. The van der Waals surface area contributed by atoms with Crippen LogP contribution in [0.5, 0.6) is 0 Å². The summed E-state index contributed by atoms with van der Waals surface area (Å²) in [6, 6.07) is 0. The zero-order valence-corrected chi connectivity index (χ0v) is 7.11. The second-order valence-corrected chi connectivity index (χ2v) is 1.51. The number of hydrogen-bond acceptors (Lipinski definition) is 0. The van der Waals surface area contributed by atoms with Gasteiger partial charge < -0.3 is 2.85 Å². The van der Waals surface area contributed by atoms with E-state index in [1.165, 1.54) is 21.6 Å². The molecule has 0 radical (unpaired) electrons. The minimum atomic E-state index is 0. The molecular weight excluding hydrogens is 87.3 g/mol. The fourth-order valence-corrected chi connectivity index (χ4v) is 0. The van der Waals surface area contributed by atoms with Crippen LogP contribution < -0.4 is 0 Å². The Morgan fingerprint density at radius 2 is 2.20 bits per heavy atom. The summed E-state index contributed by atoms with van der Waals surface area (Å²) in [4.78, 5) is 0. The number of allylic oxidation sites excluding steroid dienone is 1. The van der Waals surface area contributed by atoms with E-state index in [9.17, 15) is 0 Å². The third-order valence-corrected chi connectivity index (χ3v) is 0.866. The van der Waals surface area contributed by atoms with Gasteiger partial charge in [-0.15, -0.1) is 12.7 Å². The van der Waals surface area contributed by atoms with E-state index in [2.05, 4.69) is 6.58 Å². The molecule has 0 fully saturated rings. The first kappa shape index (κ1) is 9.40. The smallest absolute Gasteiger partial charge is 1.00 e. The SMILES string of the molecule is C=C[CH2][AlH2].[H-].[H-].[Mg+2]. The van der Waals surface area contributed by atoms with Gasteiger partial charge in [0.1, 0.15) is 0 Å². The molecule has 0 N–H and O–H groups in total. The Balaban J connectivity index is -0.0000000150. The van der Waals surface area contributed by atoms with Crippen molar-refractivity contribution in [2.75, 3.05) is 0 Å². The normalized spacial score (nSPS) is 4.80. The van der Waals surface area contributed by atoms with Gasteiger partial charge >= 0.3 is 23.1 Å². The topological polar surface area (TPSA) is 0 Å². The van der Waals surface area contributed by atoms with Gasteiger partial charge in [0.15, 0.2) is 0 Å². The van der Waals surface area contributed by atoms with Crippen molar-refractivity contribution in [2.24, 2.45) is 0 Å². The summed E-state index contributed by atoms with van der Waals surface area (Å²) >= 11 is 1.27. The van der Waals surface area contributed by atoms with E-state index in [1.807, 2.05) is 6.08 Å². The van der Waals surface area contributed by atoms with Gasteiger partial charge in [-0.2, -0.15) is 0 Å². The zero-order valence-electron chi connectivity index (χ0n) is 5.70. The molecule has 5 heavy (non-hydrogen) atoms. The quantitative estimate of drug-likeness (QED) is 0.320. The van der Waals surface area contributed by atoms with Crippen LogP contribution in [0.4, 0.5) is 0 Å². The summed E-state index contributed by atoms with van der Waals surface area (Å²) in [7, 11) is 0. The maximum absolute atomic E-state index is 3.51. The van der Waals surface area contributed by atoms with E-state index < -0.39 is 0 Å². The van der Waals surface area contributed by atoms with Crippen molar-refractivity contribution in [3.63, 3.8) is 0 Å². The molecule has 0 saturated heterocycles. The van der Waals surface area contributed by atoms with Gasteiger partial charge in [-0.25, -0.2) is 0 Å². The third-order valence-electron chi connectivity index (χ3n) is 0.289. The molecule has 0 unspecified atom stereocenters. The molecule has 0 bridgehead atoms. The molecule has 0 nitrogen and oxygen atoms in total.